The summed E-state index contributed by atoms with van der Waals surface area (Å²) in [5.41, 5.74) is 2.47. The molecule has 0 aliphatic rings. The van der Waals surface area contributed by atoms with Gasteiger partial charge in [-0.1, -0.05) is 12.1 Å². The Kier molecular flexibility index (Phi) is 3.79. The molecule has 2 heterocycles. The van der Waals surface area contributed by atoms with Crippen LogP contribution in [0.5, 0.6) is 0 Å². The second-order valence-corrected chi connectivity index (χ2v) is 5.35. The summed E-state index contributed by atoms with van der Waals surface area (Å²) in [5, 5.41) is 11.3. The van der Waals surface area contributed by atoms with Gasteiger partial charge in [0.15, 0.2) is 0 Å². The van der Waals surface area contributed by atoms with Crippen LogP contribution in [0.1, 0.15) is 15.4 Å². The summed E-state index contributed by atoms with van der Waals surface area (Å²) >= 11 is 1.36. The van der Waals surface area contributed by atoms with Gasteiger partial charge >= 0.3 is 0 Å². The molecule has 0 fully saturated rings. The van der Waals surface area contributed by atoms with E-state index in [1.165, 1.54) is 23.5 Å². The van der Waals surface area contributed by atoms with Gasteiger partial charge in [0.1, 0.15) is 5.82 Å². The van der Waals surface area contributed by atoms with Crippen molar-refractivity contribution in [3.8, 4) is 11.1 Å². The number of rotatable bonds is 4. The Balaban J connectivity index is 1.78. The van der Waals surface area contributed by atoms with Crippen molar-refractivity contribution in [2.75, 3.05) is 0 Å². The number of nitrogens with zero attached hydrogens (tertiary/aromatic N) is 1. The van der Waals surface area contributed by atoms with Crippen LogP contribution < -0.4 is 5.32 Å². The number of benzene rings is 1. The highest BCUT2D eigenvalue weighted by atomic mass is 32.1. The summed E-state index contributed by atoms with van der Waals surface area (Å²) in [4.78, 5) is 12.9. The minimum Gasteiger partial charge on any atom is -0.346 e. The van der Waals surface area contributed by atoms with Crippen molar-refractivity contribution in [1.82, 2.24) is 15.5 Å². The minimum atomic E-state index is -0.292. The van der Waals surface area contributed by atoms with E-state index in [-0.39, 0.29) is 11.7 Å². The predicted octanol–water partition coefficient (Wildman–Crippen LogP) is 3.21. The topological polar surface area (TPSA) is 57.8 Å². The van der Waals surface area contributed by atoms with E-state index in [2.05, 4.69) is 15.5 Å². The van der Waals surface area contributed by atoms with E-state index in [4.69, 9.17) is 0 Å². The van der Waals surface area contributed by atoms with Gasteiger partial charge in [-0.25, -0.2) is 4.39 Å². The molecule has 3 rings (SSSR count). The fraction of sp³-hybridized carbons (Fsp3) is 0.0667. The van der Waals surface area contributed by atoms with Gasteiger partial charge in [-0.3, -0.25) is 9.89 Å². The van der Waals surface area contributed by atoms with Crippen molar-refractivity contribution in [1.29, 1.82) is 0 Å². The molecule has 0 atom stereocenters. The normalized spacial score (nSPS) is 10.5. The first kappa shape index (κ1) is 13.5. The van der Waals surface area contributed by atoms with Crippen molar-refractivity contribution < 1.29 is 9.18 Å². The molecule has 0 saturated carbocycles. The molecule has 4 nitrogen and oxygen atoms in total. The maximum Gasteiger partial charge on any atom is 0.262 e. The molecule has 2 N–H and O–H groups in total. The molecule has 106 valence electrons. The van der Waals surface area contributed by atoms with E-state index in [1.807, 2.05) is 11.4 Å². The molecule has 21 heavy (non-hydrogen) atoms. The number of H-pyrrole nitrogens is 1. The van der Waals surface area contributed by atoms with Gasteiger partial charge in [-0.05, 0) is 35.2 Å². The van der Waals surface area contributed by atoms with Crippen molar-refractivity contribution in [3.05, 3.63) is 64.4 Å². The van der Waals surface area contributed by atoms with E-state index in [1.54, 1.807) is 24.4 Å². The second kappa shape index (κ2) is 5.88. The SMILES string of the molecule is O=C(NCc1ccn[nH]1)c1sccc1-c1ccc(F)cc1. The van der Waals surface area contributed by atoms with Crippen molar-refractivity contribution in [2.24, 2.45) is 0 Å². The number of carbonyl (C=O) groups excluding carboxylic acids is 1. The van der Waals surface area contributed by atoms with Crippen LogP contribution in [-0.2, 0) is 6.54 Å². The van der Waals surface area contributed by atoms with Crippen molar-refractivity contribution in [2.45, 2.75) is 6.54 Å². The van der Waals surface area contributed by atoms with E-state index < -0.39 is 0 Å². The molecule has 3 aromatic rings. The zero-order valence-electron chi connectivity index (χ0n) is 11.0. The average molecular weight is 301 g/mol. The monoisotopic (exact) mass is 301 g/mol. The van der Waals surface area contributed by atoms with Gasteiger partial charge in [-0.15, -0.1) is 11.3 Å². The molecular weight excluding hydrogens is 289 g/mol. The Bertz CT molecular complexity index is 735. The second-order valence-electron chi connectivity index (χ2n) is 4.43. The minimum absolute atomic E-state index is 0.154. The Morgan fingerprint density at radius 2 is 2.05 bits per heavy atom. The zero-order valence-corrected chi connectivity index (χ0v) is 11.8. The number of aromatic nitrogens is 2. The summed E-state index contributed by atoms with van der Waals surface area (Å²) in [6, 6.07) is 9.78. The highest BCUT2D eigenvalue weighted by Gasteiger charge is 2.14. The number of thiophene rings is 1. The summed E-state index contributed by atoms with van der Waals surface area (Å²) in [6.45, 7) is 0.388. The summed E-state index contributed by atoms with van der Waals surface area (Å²) in [5.74, 6) is -0.446. The molecule has 0 aliphatic carbocycles. The highest BCUT2D eigenvalue weighted by Crippen LogP contribution is 2.28. The highest BCUT2D eigenvalue weighted by molar-refractivity contribution is 7.12. The Morgan fingerprint density at radius 3 is 2.76 bits per heavy atom. The van der Waals surface area contributed by atoms with Crippen molar-refractivity contribution >= 4 is 17.2 Å². The first-order chi connectivity index (χ1) is 10.2. The van der Waals surface area contributed by atoms with Crippen LogP contribution in [0.3, 0.4) is 0 Å². The fourth-order valence-corrected chi connectivity index (χ4v) is 2.81. The Labute approximate surface area is 124 Å². The summed E-state index contributed by atoms with van der Waals surface area (Å²) < 4.78 is 13.0. The van der Waals surface area contributed by atoms with Gasteiger partial charge in [0, 0.05) is 11.8 Å². The number of amides is 1. The summed E-state index contributed by atoms with van der Waals surface area (Å²) in [7, 11) is 0. The molecule has 2 aromatic heterocycles. The molecule has 0 unspecified atom stereocenters. The van der Waals surface area contributed by atoms with Crippen LogP contribution >= 0.6 is 11.3 Å². The number of hydrogen-bond acceptors (Lipinski definition) is 3. The molecular formula is C15H12FN3OS. The van der Waals surface area contributed by atoms with Gasteiger partial charge in [0.2, 0.25) is 0 Å². The fourth-order valence-electron chi connectivity index (χ4n) is 1.98. The van der Waals surface area contributed by atoms with Crippen LogP contribution in [0.2, 0.25) is 0 Å². The molecule has 0 bridgehead atoms. The number of aromatic amines is 1. The lowest BCUT2D eigenvalue weighted by Crippen LogP contribution is -2.22. The lowest BCUT2D eigenvalue weighted by Gasteiger charge is -2.05. The molecule has 0 aliphatic heterocycles. The molecule has 1 aromatic carbocycles. The molecule has 0 saturated heterocycles. The van der Waals surface area contributed by atoms with Crippen LogP contribution in [0.15, 0.2) is 48.0 Å². The maximum absolute atomic E-state index is 13.0. The Hall–Kier alpha value is -2.47. The third-order valence-electron chi connectivity index (χ3n) is 3.02. The van der Waals surface area contributed by atoms with E-state index >= 15 is 0 Å². The van der Waals surface area contributed by atoms with E-state index in [0.717, 1.165) is 16.8 Å². The van der Waals surface area contributed by atoms with Crippen LogP contribution in [0.25, 0.3) is 11.1 Å². The number of nitrogens with one attached hydrogen (secondary N) is 2. The zero-order chi connectivity index (χ0) is 14.7. The van der Waals surface area contributed by atoms with Gasteiger partial charge in [0.05, 0.1) is 17.1 Å². The molecule has 0 spiro atoms. The van der Waals surface area contributed by atoms with Gasteiger partial charge in [-0.2, -0.15) is 5.10 Å². The predicted molar refractivity (Wildman–Crippen MR) is 79.5 cm³/mol. The van der Waals surface area contributed by atoms with E-state index in [9.17, 15) is 9.18 Å². The quantitative estimate of drug-likeness (QED) is 0.777. The number of halogens is 1. The lowest BCUT2D eigenvalue weighted by atomic mass is 10.1. The van der Waals surface area contributed by atoms with Gasteiger partial charge < -0.3 is 5.32 Å². The third-order valence-corrected chi connectivity index (χ3v) is 3.94. The first-order valence-electron chi connectivity index (χ1n) is 6.34. The number of hydrogen-bond donors (Lipinski definition) is 2. The Morgan fingerprint density at radius 1 is 1.24 bits per heavy atom. The molecule has 0 radical (unpaired) electrons. The van der Waals surface area contributed by atoms with E-state index in [0.29, 0.717) is 11.4 Å². The third kappa shape index (κ3) is 3.00. The van der Waals surface area contributed by atoms with Gasteiger partial charge in [0.25, 0.3) is 5.91 Å². The molecule has 1 amide bonds. The first-order valence-corrected chi connectivity index (χ1v) is 7.22. The average Bonchev–Trinajstić information content (AvgIpc) is 3.17. The number of carbonyl (C=O) groups is 1. The van der Waals surface area contributed by atoms with Crippen LogP contribution in [0, 0.1) is 5.82 Å². The van der Waals surface area contributed by atoms with Crippen molar-refractivity contribution in [3.63, 3.8) is 0 Å². The standard InChI is InChI=1S/C15H12FN3OS/c16-11-3-1-10(2-4-11)13-6-8-21-14(13)15(20)17-9-12-5-7-18-19-12/h1-8H,9H2,(H,17,20)(H,18,19). The smallest absolute Gasteiger partial charge is 0.262 e. The van der Waals surface area contributed by atoms with Crippen LogP contribution in [-0.4, -0.2) is 16.1 Å². The largest absolute Gasteiger partial charge is 0.346 e. The maximum atomic E-state index is 13.0. The van der Waals surface area contributed by atoms with Crippen LogP contribution in [0.4, 0.5) is 4.39 Å². The lowest BCUT2D eigenvalue weighted by molar-refractivity contribution is 0.0955. The molecule has 6 heteroatoms. The summed E-state index contributed by atoms with van der Waals surface area (Å²) in [6.07, 6.45) is 1.64.